The summed E-state index contributed by atoms with van der Waals surface area (Å²) in [6, 6.07) is 19.6. The van der Waals surface area contributed by atoms with Crippen LogP contribution in [-0.2, 0) is 12.8 Å². The molecule has 0 saturated heterocycles. The van der Waals surface area contributed by atoms with Crippen LogP contribution in [0.25, 0.3) is 21.3 Å². The fourth-order valence-corrected chi connectivity index (χ4v) is 4.74. The molecule has 1 aliphatic rings. The van der Waals surface area contributed by atoms with E-state index in [0.717, 1.165) is 53.4 Å². The minimum Gasteiger partial charge on any atom is -0.490 e. The monoisotopic (exact) mass is 443 g/mol. The molecule has 5 rings (SSSR count). The van der Waals surface area contributed by atoms with E-state index in [0.29, 0.717) is 6.10 Å². The lowest BCUT2D eigenvalue weighted by molar-refractivity contribution is 0.303. The molecule has 1 N–H and O–H groups in total. The summed E-state index contributed by atoms with van der Waals surface area (Å²) in [6.07, 6.45) is 5.77. The van der Waals surface area contributed by atoms with Crippen LogP contribution in [-0.4, -0.2) is 22.6 Å². The van der Waals surface area contributed by atoms with Gasteiger partial charge < -0.3 is 10.1 Å². The zero-order valence-corrected chi connectivity index (χ0v) is 19.5. The van der Waals surface area contributed by atoms with Crippen molar-refractivity contribution in [2.45, 2.75) is 52.1 Å². The lowest BCUT2D eigenvalue weighted by atomic mass is 10.0. The van der Waals surface area contributed by atoms with Crippen LogP contribution >= 0.6 is 11.3 Å². The molecule has 32 heavy (non-hydrogen) atoms. The molecular formula is C27H29N3OS. The van der Waals surface area contributed by atoms with Crippen molar-refractivity contribution in [1.29, 1.82) is 0 Å². The molecule has 0 amide bonds. The van der Waals surface area contributed by atoms with Crippen molar-refractivity contribution in [3.05, 3.63) is 70.9 Å². The minimum atomic E-state index is 0.443. The van der Waals surface area contributed by atoms with Gasteiger partial charge in [0.05, 0.1) is 11.5 Å². The highest BCUT2D eigenvalue weighted by molar-refractivity contribution is 7.18. The van der Waals surface area contributed by atoms with Gasteiger partial charge in [0.1, 0.15) is 22.2 Å². The Kier molecular flexibility index (Phi) is 6.08. The first-order valence-corrected chi connectivity index (χ1v) is 12.4. The molecule has 0 unspecified atom stereocenters. The highest BCUT2D eigenvalue weighted by atomic mass is 32.1. The summed E-state index contributed by atoms with van der Waals surface area (Å²) in [5.74, 6) is 2.86. The van der Waals surface area contributed by atoms with Crippen LogP contribution in [0, 0.1) is 6.92 Å². The number of fused-ring (bicyclic) bond motifs is 1. The quantitative estimate of drug-likeness (QED) is 0.289. The van der Waals surface area contributed by atoms with E-state index in [9.17, 15) is 0 Å². The maximum atomic E-state index is 5.85. The third kappa shape index (κ3) is 4.94. The van der Waals surface area contributed by atoms with Crippen LogP contribution in [0.1, 0.15) is 42.5 Å². The van der Waals surface area contributed by atoms with Crippen LogP contribution in [0.4, 0.5) is 5.82 Å². The maximum Gasteiger partial charge on any atom is 0.138 e. The van der Waals surface area contributed by atoms with Gasteiger partial charge in [0, 0.05) is 17.8 Å². The highest BCUT2D eigenvalue weighted by Crippen LogP contribution is 2.30. The van der Waals surface area contributed by atoms with Crippen molar-refractivity contribution in [1.82, 2.24) is 9.97 Å². The second-order valence-corrected chi connectivity index (χ2v) is 9.72. The Labute approximate surface area is 193 Å². The van der Waals surface area contributed by atoms with Crippen LogP contribution in [0.3, 0.4) is 0 Å². The van der Waals surface area contributed by atoms with Gasteiger partial charge in [0.2, 0.25) is 0 Å². The average Bonchev–Trinajstić information content (AvgIpc) is 3.55. The Morgan fingerprint density at radius 2 is 1.72 bits per heavy atom. The first kappa shape index (κ1) is 21.0. The van der Waals surface area contributed by atoms with E-state index in [1.807, 2.05) is 0 Å². The molecule has 4 aromatic rings. The van der Waals surface area contributed by atoms with Crippen LogP contribution in [0.2, 0.25) is 0 Å². The molecular weight excluding hydrogens is 414 g/mol. The Balaban J connectivity index is 1.16. The lowest BCUT2D eigenvalue weighted by Gasteiger charge is -2.09. The molecule has 5 heteroatoms. The molecule has 4 nitrogen and oxygen atoms in total. The number of ether oxygens (including phenoxy) is 1. The fourth-order valence-electron chi connectivity index (χ4n) is 3.85. The number of benzene rings is 2. The number of aromatic nitrogens is 2. The van der Waals surface area contributed by atoms with E-state index in [2.05, 4.69) is 78.7 Å². The topological polar surface area (TPSA) is 47.0 Å². The standard InChI is InChI=1S/C27H29N3OS/c1-3-25-29-26(24-17-18(2)32-27(24)30-25)28-16-4-5-19-6-8-20(9-7-19)21-10-12-22(13-11-21)31-23-14-15-23/h6-13,17,23H,3-5,14-16H2,1-2H3,(H,28,29,30). The van der Waals surface area contributed by atoms with E-state index < -0.39 is 0 Å². The number of hydrogen-bond donors (Lipinski definition) is 1. The maximum absolute atomic E-state index is 5.85. The normalized spacial score (nSPS) is 13.4. The molecule has 2 heterocycles. The number of hydrogen-bond acceptors (Lipinski definition) is 5. The van der Waals surface area contributed by atoms with Gasteiger partial charge in [0.25, 0.3) is 0 Å². The van der Waals surface area contributed by atoms with E-state index in [1.54, 1.807) is 11.3 Å². The van der Waals surface area contributed by atoms with Crippen molar-refractivity contribution >= 4 is 27.4 Å². The van der Waals surface area contributed by atoms with Crippen molar-refractivity contribution in [2.75, 3.05) is 11.9 Å². The molecule has 164 valence electrons. The van der Waals surface area contributed by atoms with Crippen LogP contribution < -0.4 is 10.1 Å². The van der Waals surface area contributed by atoms with Crippen LogP contribution in [0.5, 0.6) is 5.75 Å². The Morgan fingerprint density at radius 1 is 1.00 bits per heavy atom. The Hall–Kier alpha value is -2.92. The van der Waals surface area contributed by atoms with E-state index in [1.165, 1.54) is 34.4 Å². The second-order valence-electron chi connectivity index (χ2n) is 8.49. The summed E-state index contributed by atoms with van der Waals surface area (Å²) < 4.78 is 5.85. The van der Waals surface area contributed by atoms with E-state index in [-0.39, 0.29) is 0 Å². The minimum absolute atomic E-state index is 0.443. The molecule has 0 atom stereocenters. The Morgan fingerprint density at radius 3 is 2.41 bits per heavy atom. The first-order valence-electron chi connectivity index (χ1n) is 11.5. The fraction of sp³-hybridized carbons (Fsp3) is 0.333. The zero-order valence-electron chi connectivity index (χ0n) is 18.7. The number of rotatable bonds is 9. The summed E-state index contributed by atoms with van der Waals surface area (Å²) in [4.78, 5) is 11.7. The SMILES string of the molecule is CCc1nc(NCCCc2ccc(-c3ccc(OC4CC4)cc3)cc2)c2cc(C)sc2n1. The number of nitrogens with zero attached hydrogens (tertiary/aromatic N) is 2. The van der Waals surface area contributed by atoms with E-state index in [4.69, 9.17) is 9.72 Å². The largest absolute Gasteiger partial charge is 0.490 e. The van der Waals surface area contributed by atoms with Crippen molar-refractivity contribution in [3.8, 4) is 16.9 Å². The second kappa shape index (κ2) is 9.29. The van der Waals surface area contributed by atoms with Gasteiger partial charge in [-0.3, -0.25) is 0 Å². The molecule has 0 aliphatic heterocycles. The molecule has 0 spiro atoms. The first-order chi connectivity index (χ1) is 15.7. The number of thiophene rings is 1. The van der Waals surface area contributed by atoms with Gasteiger partial charge >= 0.3 is 0 Å². The molecule has 1 saturated carbocycles. The zero-order chi connectivity index (χ0) is 21.9. The molecule has 1 fully saturated rings. The highest BCUT2D eigenvalue weighted by Gasteiger charge is 2.23. The van der Waals surface area contributed by atoms with Gasteiger partial charge in [0.15, 0.2) is 0 Å². The summed E-state index contributed by atoms with van der Waals surface area (Å²) in [7, 11) is 0. The summed E-state index contributed by atoms with van der Waals surface area (Å²) in [6.45, 7) is 5.13. The van der Waals surface area contributed by atoms with Crippen molar-refractivity contribution in [2.24, 2.45) is 0 Å². The van der Waals surface area contributed by atoms with Crippen LogP contribution in [0.15, 0.2) is 54.6 Å². The molecule has 0 radical (unpaired) electrons. The predicted molar refractivity (Wildman–Crippen MR) is 134 cm³/mol. The van der Waals surface area contributed by atoms with Crippen molar-refractivity contribution in [3.63, 3.8) is 0 Å². The van der Waals surface area contributed by atoms with E-state index >= 15 is 0 Å². The summed E-state index contributed by atoms with van der Waals surface area (Å²) in [5, 5.41) is 4.69. The van der Waals surface area contributed by atoms with Gasteiger partial charge in [-0.1, -0.05) is 43.3 Å². The summed E-state index contributed by atoms with van der Waals surface area (Å²) >= 11 is 1.74. The molecule has 2 aromatic heterocycles. The van der Waals surface area contributed by atoms with Gasteiger partial charge in [-0.15, -0.1) is 11.3 Å². The predicted octanol–water partition coefficient (Wildman–Crippen LogP) is 6.82. The van der Waals surface area contributed by atoms with Gasteiger partial charge in [-0.25, -0.2) is 9.97 Å². The molecule has 2 aromatic carbocycles. The third-order valence-corrected chi connectivity index (χ3v) is 6.73. The molecule has 1 aliphatic carbocycles. The smallest absolute Gasteiger partial charge is 0.138 e. The summed E-state index contributed by atoms with van der Waals surface area (Å²) in [5.41, 5.74) is 3.83. The van der Waals surface area contributed by atoms with Gasteiger partial charge in [-0.05, 0) is 67.5 Å². The van der Waals surface area contributed by atoms with Gasteiger partial charge in [-0.2, -0.15) is 0 Å². The Bertz CT molecular complexity index is 1190. The lowest BCUT2D eigenvalue weighted by Crippen LogP contribution is -2.07. The average molecular weight is 444 g/mol. The number of aryl methyl sites for hydroxylation is 3. The third-order valence-electron chi connectivity index (χ3n) is 5.78. The number of anilines is 1. The van der Waals surface area contributed by atoms with Crippen molar-refractivity contribution < 1.29 is 4.74 Å². The number of nitrogens with one attached hydrogen (secondary N) is 1. The molecule has 0 bridgehead atoms.